The maximum atomic E-state index is 12.4. The van der Waals surface area contributed by atoms with Crippen LogP contribution in [-0.2, 0) is 6.42 Å². The van der Waals surface area contributed by atoms with Crippen LogP contribution in [0.3, 0.4) is 0 Å². The topological polar surface area (TPSA) is 55.1 Å². The van der Waals surface area contributed by atoms with Gasteiger partial charge in [-0.3, -0.25) is 4.79 Å². The largest absolute Gasteiger partial charge is 0.507 e. The number of carbonyl (C=O) groups is 1. The lowest BCUT2D eigenvalue weighted by Crippen LogP contribution is -2.25. The van der Waals surface area contributed by atoms with Gasteiger partial charge in [0.25, 0.3) is 0 Å². The molecule has 0 aliphatic heterocycles. The first-order valence-corrected chi connectivity index (χ1v) is 6.50. The molecule has 4 nitrogen and oxygen atoms in total. The van der Waals surface area contributed by atoms with E-state index < -0.39 is 0 Å². The summed E-state index contributed by atoms with van der Waals surface area (Å²) in [5.74, 6) is 0.262. The Morgan fingerprint density at radius 3 is 2.89 bits per heavy atom. The third-order valence-corrected chi connectivity index (χ3v) is 4.23. The number of aromatic nitrogens is 2. The van der Waals surface area contributed by atoms with Gasteiger partial charge in [0.05, 0.1) is 16.8 Å². The fourth-order valence-electron chi connectivity index (χ4n) is 2.41. The van der Waals surface area contributed by atoms with E-state index in [1.165, 1.54) is 0 Å². The summed E-state index contributed by atoms with van der Waals surface area (Å²) < 4.78 is 2.48. The van der Waals surface area contributed by atoms with Crippen molar-refractivity contribution < 1.29 is 9.90 Å². The highest BCUT2D eigenvalue weighted by molar-refractivity contribution is 9.10. The number of nitrogens with zero attached hydrogens (tertiary/aromatic N) is 2. The Hall–Kier alpha value is -1.33. The molecule has 2 aromatic rings. The van der Waals surface area contributed by atoms with E-state index in [9.17, 15) is 9.90 Å². The summed E-state index contributed by atoms with van der Waals surface area (Å²) in [6, 6.07) is 3.06. The molecule has 1 atom stereocenters. The number of hydrogen-bond acceptors (Lipinski definition) is 3. The van der Waals surface area contributed by atoms with Gasteiger partial charge in [-0.2, -0.15) is 0 Å². The number of benzene rings is 1. The predicted octanol–water partition coefficient (Wildman–Crippen LogP) is 3.14. The Balaban J connectivity index is 0.00000133. The van der Waals surface area contributed by atoms with Crippen molar-refractivity contribution in [3.63, 3.8) is 0 Å². The smallest absolute Gasteiger partial charge is 0.185 e. The van der Waals surface area contributed by atoms with E-state index in [-0.39, 0.29) is 30.0 Å². The van der Waals surface area contributed by atoms with E-state index in [1.54, 1.807) is 24.7 Å². The summed E-state index contributed by atoms with van der Waals surface area (Å²) in [6.45, 7) is 0. The van der Waals surface area contributed by atoms with Crippen LogP contribution < -0.4 is 0 Å². The minimum Gasteiger partial charge on any atom is -0.507 e. The van der Waals surface area contributed by atoms with Gasteiger partial charge in [0.15, 0.2) is 5.78 Å². The van der Waals surface area contributed by atoms with Gasteiger partial charge in [-0.25, -0.2) is 4.98 Å². The van der Waals surface area contributed by atoms with E-state index in [2.05, 4.69) is 20.9 Å². The molecular weight excluding hydrogens is 332 g/mol. The van der Waals surface area contributed by atoms with Crippen molar-refractivity contribution in [1.82, 2.24) is 9.55 Å². The minimum atomic E-state index is -0.184. The summed E-state index contributed by atoms with van der Waals surface area (Å²) in [5, 5.41) is 9.64. The Bertz CT molecular complexity index is 613. The van der Waals surface area contributed by atoms with Crippen LogP contribution in [0.15, 0.2) is 35.3 Å². The van der Waals surface area contributed by atoms with Gasteiger partial charge in [0, 0.05) is 18.0 Å². The standard InChI is InChI=1S/C13H11BrN2O2.ClH/c14-12-8-1-3-10(16-6-5-15-7-16)13(18)9(8)2-4-11(12)17;/h2,4-7,10,17H,1,3H2;1H. The highest BCUT2D eigenvalue weighted by Gasteiger charge is 2.30. The highest BCUT2D eigenvalue weighted by atomic mass is 79.9. The maximum absolute atomic E-state index is 12.4. The number of fused-ring (bicyclic) bond motifs is 1. The molecule has 1 aliphatic carbocycles. The van der Waals surface area contributed by atoms with Gasteiger partial charge in [0.2, 0.25) is 0 Å². The van der Waals surface area contributed by atoms with Crippen LogP contribution in [0.4, 0.5) is 0 Å². The third kappa shape index (κ3) is 2.28. The van der Waals surface area contributed by atoms with Crippen LogP contribution in [-0.4, -0.2) is 20.4 Å². The first-order valence-electron chi connectivity index (χ1n) is 5.70. The van der Waals surface area contributed by atoms with E-state index in [4.69, 9.17) is 0 Å². The van der Waals surface area contributed by atoms with Gasteiger partial charge >= 0.3 is 0 Å². The van der Waals surface area contributed by atoms with Gasteiger partial charge in [-0.05, 0) is 46.5 Å². The molecule has 1 aromatic carbocycles. The Kier molecular flexibility index (Phi) is 3.96. The maximum Gasteiger partial charge on any atom is 0.185 e. The average Bonchev–Trinajstić information content (AvgIpc) is 2.88. The number of phenolic OH excluding ortho intramolecular Hbond substituents is 1. The van der Waals surface area contributed by atoms with Crippen LogP contribution in [0, 0.1) is 0 Å². The number of carbonyl (C=O) groups excluding carboxylic acids is 1. The number of hydrogen-bond donors (Lipinski definition) is 1. The Morgan fingerprint density at radius 2 is 2.21 bits per heavy atom. The number of halogens is 2. The van der Waals surface area contributed by atoms with Gasteiger partial charge < -0.3 is 9.67 Å². The van der Waals surface area contributed by atoms with Crippen LogP contribution in [0.2, 0.25) is 0 Å². The Labute approximate surface area is 125 Å². The van der Waals surface area contributed by atoms with Crippen LogP contribution in [0.25, 0.3) is 0 Å². The number of rotatable bonds is 1. The lowest BCUT2D eigenvalue weighted by Gasteiger charge is -2.25. The van der Waals surface area contributed by atoms with Gasteiger partial charge in [0.1, 0.15) is 5.75 Å². The zero-order valence-corrected chi connectivity index (χ0v) is 12.3. The predicted molar refractivity (Wildman–Crippen MR) is 77.0 cm³/mol. The fourth-order valence-corrected chi connectivity index (χ4v) is 2.96. The molecule has 0 saturated heterocycles. The molecule has 1 heterocycles. The normalized spacial score (nSPS) is 17.7. The summed E-state index contributed by atoms with van der Waals surface area (Å²) in [4.78, 5) is 16.4. The van der Waals surface area contributed by atoms with Crippen molar-refractivity contribution in [2.24, 2.45) is 0 Å². The lowest BCUT2D eigenvalue weighted by molar-refractivity contribution is 0.0908. The molecule has 0 spiro atoms. The molecule has 0 bridgehead atoms. The van der Waals surface area contributed by atoms with Crippen molar-refractivity contribution >= 4 is 34.1 Å². The second-order valence-corrected chi connectivity index (χ2v) is 5.15. The molecule has 1 N–H and O–H groups in total. The molecule has 0 saturated carbocycles. The highest BCUT2D eigenvalue weighted by Crippen LogP contribution is 2.37. The van der Waals surface area contributed by atoms with Crippen molar-refractivity contribution in [2.75, 3.05) is 0 Å². The van der Waals surface area contributed by atoms with E-state index in [0.717, 1.165) is 18.4 Å². The average molecular weight is 344 g/mol. The minimum absolute atomic E-state index is 0. The third-order valence-electron chi connectivity index (χ3n) is 3.34. The molecule has 100 valence electrons. The summed E-state index contributed by atoms with van der Waals surface area (Å²) in [7, 11) is 0. The molecule has 1 unspecified atom stereocenters. The van der Waals surface area contributed by atoms with Crippen molar-refractivity contribution in [1.29, 1.82) is 0 Å². The van der Waals surface area contributed by atoms with Crippen LogP contribution in [0.1, 0.15) is 28.4 Å². The second kappa shape index (κ2) is 5.35. The number of phenols is 1. The van der Waals surface area contributed by atoms with E-state index in [0.29, 0.717) is 10.0 Å². The van der Waals surface area contributed by atoms with Crippen LogP contribution in [0.5, 0.6) is 5.75 Å². The van der Waals surface area contributed by atoms with Crippen molar-refractivity contribution in [3.8, 4) is 5.75 Å². The molecule has 19 heavy (non-hydrogen) atoms. The van der Waals surface area contributed by atoms with E-state index >= 15 is 0 Å². The van der Waals surface area contributed by atoms with Gasteiger partial charge in [-0.15, -0.1) is 12.4 Å². The fraction of sp³-hybridized carbons (Fsp3) is 0.231. The van der Waals surface area contributed by atoms with E-state index in [1.807, 2.05) is 10.8 Å². The second-order valence-electron chi connectivity index (χ2n) is 4.35. The molecule has 0 radical (unpaired) electrons. The first-order chi connectivity index (χ1) is 8.68. The molecule has 1 aromatic heterocycles. The van der Waals surface area contributed by atoms with Crippen molar-refractivity contribution in [3.05, 3.63) is 46.5 Å². The number of aromatic hydroxyl groups is 1. The van der Waals surface area contributed by atoms with Gasteiger partial charge in [-0.1, -0.05) is 0 Å². The zero-order chi connectivity index (χ0) is 12.7. The number of Topliss-reactive ketones (excluding diaryl/α,β-unsaturated/α-hetero) is 1. The number of imidazole rings is 1. The zero-order valence-electron chi connectivity index (χ0n) is 9.91. The molecule has 0 amide bonds. The SMILES string of the molecule is Cl.O=C1c2ccc(O)c(Br)c2CCC1n1ccnc1. The molecule has 1 aliphatic rings. The van der Waals surface area contributed by atoms with Crippen LogP contribution >= 0.6 is 28.3 Å². The Morgan fingerprint density at radius 1 is 1.42 bits per heavy atom. The monoisotopic (exact) mass is 342 g/mol. The quantitative estimate of drug-likeness (QED) is 0.865. The molecule has 6 heteroatoms. The number of ketones is 1. The van der Waals surface area contributed by atoms with Crippen molar-refractivity contribution in [2.45, 2.75) is 18.9 Å². The molecule has 0 fully saturated rings. The molecule has 3 rings (SSSR count). The summed E-state index contributed by atoms with van der Waals surface area (Å²) >= 11 is 3.34. The summed E-state index contributed by atoms with van der Waals surface area (Å²) in [5.41, 5.74) is 1.58. The lowest BCUT2D eigenvalue weighted by atomic mass is 9.87. The molecular formula is C13H12BrClN2O2. The first kappa shape index (κ1) is 14.1. The summed E-state index contributed by atoms with van der Waals surface area (Å²) in [6.07, 6.45) is 6.64.